The van der Waals surface area contributed by atoms with Gasteiger partial charge >= 0.3 is 0 Å². The molecule has 31 heavy (non-hydrogen) atoms. The number of hydrogen-bond acceptors (Lipinski definition) is 8. The first kappa shape index (κ1) is 19.6. The van der Waals surface area contributed by atoms with Crippen molar-refractivity contribution in [3.8, 4) is 17.1 Å². The van der Waals surface area contributed by atoms with E-state index in [1.165, 1.54) is 4.80 Å². The van der Waals surface area contributed by atoms with Gasteiger partial charge in [0.05, 0.1) is 23.7 Å². The van der Waals surface area contributed by atoms with Crippen LogP contribution in [0.15, 0.2) is 64.4 Å². The highest BCUT2D eigenvalue weighted by molar-refractivity contribution is 7.12. The maximum atomic E-state index is 13.2. The van der Waals surface area contributed by atoms with Crippen molar-refractivity contribution in [3.05, 3.63) is 69.0 Å². The molecule has 0 bridgehead atoms. The summed E-state index contributed by atoms with van der Waals surface area (Å²) in [7, 11) is 1.60. The fourth-order valence-electron chi connectivity index (χ4n) is 3.42. The predicted octanol–water partition coefficient (Wildman–Crippen LogP) is 3.85. The number of tetrazole rings is 1. The molecule has 0 unspecified atom stereocenters. The van der Waals surface area contributed by atoms with E-state index in [9.17, 15) is 4.79 Å². The Morgan fingerprint density at radius 3 is 2.81 bits per heavy atom. The molecule has 3 aromatic heterocycles. The number of aromatic nitrogens is 4. The van der Waals surface area contributed by atoms with E-state index < -0.39 is 0 Å². The topological polar surface area (TPSA) is 85.5 Å². The average molecular weight is 451 g/mol. The van der Waals surface area contributed by atoms with Crippen LogP contribution in [0.2, 0.25) is 0 Å². The van der Waals surface area contributed by atoms with Crippen LogP contribution in [-0.2, 0) is 11.3 Å². The molecule has 1 atom stereocenters. The number of hydrogen-bond donors (Lipinski definition) is 0. The second-order valence-electron chi connectivity index (χ2n) is 6.87. The van der Waals surface area contributed by atoms with Crippen molar-refractivity contribution in [3.63, 3.8) is 0 Å². The number of amides is 1. The number of carbonyl (C=O) groups is 1. The lowest BCUT2D eigenvalue weighted by molar-refractivity contribution is -0.134. The summed E-state index contributed by atoms with van der Waals surface area (Å²) in [6.07, 6.45) is 0.687. The van der Waals surface area contributed by atoms with Crippen LogP contribution in [0, 0.1) is 0 Å². The predicted molar refractivity (Wildman–Crippen MR) is 119 cm³/mol. The van der Waals surface area contributed by atoms with Gasteiger partial charge in [-0.3, -0.25) is 4.79 Å². The van der Waals surface area contributed by atoms with Crippen molar-refractivity contribution in [1.82, 2.24) is 25.2 Å². The third-order valence-electron chi connectivity index (χ3n) is 4.90. The second kappa shape index (κ2) is 8.40. The molecule has 0 N–H and O–H groups in total. The molecule has 1 aliphatic heterocycles. The molecule has 4 aromatic rings. The van der Waals surface area contributed by atoms with E-state index in [1.807, 2.05) is 59.3 Å². The van der Waals surface area contributed by atoms with Crippen LogP contribution in [0.3, 0.4) is 0 Å². The van der Waals surface area contributed by atoms with Crippen LogP contribution in [0.5, 0.6) is 5.75 Å². The summed E-state index contributed by atoms with van der Waals surface area (Å²) in [5.74, 6) is 0.960. The van der Waals surface area contributed by atoms with Crippen molar-refractivity contribution in [2.24, 2.45) is 5.10 Å². The summed E-state index contributed by atoms with van der Waals surface area (Å²) in [6, 6.07) is 15.3. The average Bonchev–Trinajstić information content (AvgIpc) is 3.59. The Morgan fingerprint density at radius 2 is 2.03 bits per heavy atom. The molecule has 0 saturated carbocycles. The molecule has 8 nitrogen and oxygen atoms in total. The molecule has 0 spiro atoms. The number of ether oxygens (including phenoxy) is 1. The first-order valence-electron chi connectivity index (χ1n) is 9.60. The lowest BCUT2D eigenvalue weighted by Gasteiger charge is -2.20. The number of carbonyl (C=O) groups excluding carboxylic acids is 1. The molecule has 1 aromatic carbocycles. The van der Waals surface area contributed by atoms with Crippen molar-refractivity contribution in [2.45, 2.75) is 19.0 Å². The van der Waals surface area contributed by atoms with Gasteiger partial charge in [-0.25, -0.2) is 5.01 Å². The largest absolute Gasteiger partial charge is 0.497 e. The summed E-state index contributed by atoms with van der Waals surface area (Å²) in [6.45, 7) is -0.0416. The molecular formula is C21H18N6O2S2. The molecule has 0 saturated heterocycles. The van der Waals surface area contributed by atoms with E-state index in [0.29, 0.717) is 18.0 Å². The van der Waals surface area contributed by atoms with Crippen LogP contribution in [0.1, 0.15) is 22.2 Å². The van der Waals surface area contributed by atoms with E-state index in [1.54, 1.807) is 34.8 Å². The van der Waals surface area contributed by atoms with E-state index in [0.717, 1.165) is 21.0 Å². The SMILES string of the molecule is COc1cccc(-c2nnn(CC(=O)N3N=C(c4cccs4)C[C@@H]3c3cccs3)n2)c1. The summed E-state index contributed by atoms with van der Waals surface area (Å²) in [4.78, 5) is 16.7. The minimum absolute atomic E-state index is 0.0416. The van der Waals surface area contributed by atoms with Gasteiger partial charge < -0.3 is 4.74 Å². The van der Waals surface area contributed by atoms with Crippen molar-refractivity contribution in [2.75, 3.05) is 7.11 Å². The summed E-state index contributed by atoms with van der Waals surface area (Å²) < 4.78 is 5.25. The van der Waals surface area contributed by atoms with Crippen LogP contribution in [0.4, 0.5) is 0 Å². The molecule has 0 fully saturated rings. The summed E-state index contributed by atoms with van der Waals surface area (Å²) in [5.41, 5.74) is 1.69. The van der Waals surface area contributed by atoms with Crippen LogP contribution in [0.25, 0.3) is 11.4 Å². The van der Waals surface area contributed by atoms with Gasteiger partial charge in [-0.1, -0.05) is 24.3 Å². The smallest absolute Gasteiger partial charge is 0.266 e. The zero-order valence-corrected chi connectivity index (χ0v) is 18.2. The Bertz CT molecular complexity index is 1220. The Hall–Kier alpha value is -3.37. The van der Waals surface area contributed by atoms with Gasteiger partial charge in [0.1, 0.15) is 12.3 Å². The monoisotopic (exact) mass is 450 g/mol. The molecule has 1 aliphatic rings. The fraction of sp³-hybridized carbons (Fsp3) is 0.190. The fourth-order valence-corrected chi connectivity index (χ4v) is 4.95. The van der Waals surface area contributed by atoms with Gasteiger partial charge in [0.2, 0.25) is 5.82 Å². The van der Waals surface area contributed by atoms with Gasteiger partial charge in [0, 0.05) is 16.9 Å². The van der Waals surface area contributed by atoms with E-state index >= 15 is 0 Å². The molecule has 156 valence electrons. The minimum atomic E-state index is -0.181. The maximum absolute atomic E-state index is 13.2. The molecular weight excluding hydrogens is 432 g/mol. The minimum Gasteiger partial charge on any atom is -0.497 e. The number of hydrazone groups is 1. The number of thiophene rings is 2. The normalized spacial score (nSPS) is 15.8. The van der Waals surface area contributed by atoms with Gasteiger partial charge in [0.15, 0.2) is 0 Å². The molecule has 0 radical (unpaired) electrons. The van der Waals surface area contributed by atoms with Gasteiger partial charge in [-0.2, -0.15) is 9.90 Å². The first-order valence-corrected chi connectivity index (χ1v) is 11.4. The van der Waals surface area contributed by atoms with E-state index in [-0.39, 0.29) is 18.5 Å². The standard InChI is InChI=1S/C21H18N6O2S2/c1-29-15-6-2-5-14(11-15)21-22-25-26(24-21)13-20(28)27-17(19-8-4-10-31-19)12-16(23-27)18-7-3-9-30-18/h2-11,17H,12-13H2,1H3/t17-/m1/s1. The third-order valence-corrected chi connectivity index (χ3v) is 6.79. The van der Waals surface area contributed by atoms with E-state index in [4.69, 9.17) is 4.74 Å². The Balaban J connectivity index is 1.37. The van der Waals surface area contributed by atoms with Gasteiger partial charge in [-0.05, 0) is 40.2 Å². The highest BCUT2D eigenvalue weighted by Gasteiger charge is 2.34. The lowest BCUT2D eigenvalue weighted by atomic mass is 10.1. The van der Waals surface area contributed by atoms with Crippen LogP contribution >= 0.6 is 22.7 Å². The Labute approximate surface area is 186 Å². The van der Waals surface area contributed by atoms with Crippen LogP contribution < -0.4 is 4.74 Å². The quantitative estimate of drug-likeness (QED) is 0.445. The number of rotatable bonds is 6. The highest BCUT2D eigenvalue weighted by atomic mass is 32.1. The highest BCUT2D eigenvalue weighted by Crippen LogP contribution is 2.36. The van der Waals surface area contributed by atoms with Crippen molar-refractivity contribution >= 4 is 34.3 Å². The molecule has 1 amide bonds. The summed E-state index contributed by atoms with van der Waals surface area (Å²) >= 11 is 3.25. The maximum Gasteiger partial charge on any atom is 0.266 e. The first-order chi connectivity index (χ1) is 15.2. The zero-order valence-electron chi connectivity index (χ0n) is 16.6. The van der Waals surface area contributed by atoms with Gasteiger partial charge in [-0.15, -0.1) is 32.9 Å². The van der Waals surface area contributed by atoms with Crippen molar-refractivity contribution < 1.29 is 9.53 Å². The number of methoxy groups -OCH3 is 1. The van der Waals surface area contributed by atoms with Crippen molar-refractivity contribution in [1.29, 1.82) is 0 Å². The molecule has 4 heterocycles. The Morgan fingerprint density at radius 1 is 1.16 bits per heavy atom. The third kappa shape index (κ3) is 3.99. The van der Waals surface area contributed by atoms with Gasteiger partial charge in [0.25, 0.3) is 5.91 Å². The molecule has 5 rings (SSSR count). The Kier molecular flexibility index (Phi) is 5.31. The zero-order chi connectivity index (χ0) is 21.2. The second-order valence-corrected chi connectivity index (χ2v) is 8.80. The molecule has 10 heteroatoms. The summed E-state index contributed by atoms with van der Waals surface area (Å²) in [5, 5.41) is 22.8. The molecule has 0 aliphatic carbocycles. The number of benzene rings is 1. The number of nitrogens with zero attached hydrogens (tertiary/aromatic N) is 6. The lowest BCUT2D eigenvalue weighted by Crippen LogP contribution is -2.30. The van der Waals surface area contributed by atoms with E-state index in [2.05, 4.69) is 20.5 Å². The van der Waals surface area contributed by atoms with Crippen LogP contribution in [-0.4, -0.2) is 43.9 Å².